The smallest absolute Gasteiger partial charge is 0.274 e. The number of nitrogens with one attached hydrogen (secondary N) is 2. The number of benzene rings is 3. The zero-order valence-corrected chi connectivity index (χ0v) is 18.7. The third-order valence-corrected chi connectivity index (χ3v) is 5.20. The van der Waals surface area contributed by atoms with E-state index in [2.05, 4.69) is 20.8 Å². The highest BCUT2D eigenvalue weighted by Crippen LogP contribution is 2.26. The van der Waals surface area contributed by atoms with Gasteiger partial charge in [-0.25, -0.2) is 10.4 Å². The molecule has 3 N–H and O–H groups in total. The quantitative estimate of drug-likeness (QED) is 0.279. The molecule has 1 heterocycles. The molecule has 1 aromatic heterocycles. The molecule has 0 fully saturated rings. The molecule has 170 valence electrons. The molecule has 0 aliphatic rings. The van der Waals surface area contributed by atoms with Gasteiger partial charge in [-0.05, 0) is 48.0 Å². The molecule has 4 rings (SSSR count). The number of hydrogen-bond donors (Lipinski definition) is 3. The molecule has 0 atom stereocenters. The normalized spacial score (nSPS) is 10.9. The zero-order chi connectivity index (χ0) is 24.1. The van der Waals surface area contributed by atoms with Crippen molar-refractivity contribution in [2.24, 2.45) is 5.10 Å². The first-order chi connectivity index (χ1) is 16.4. The largest absolute Gasteiger partial charge is 0.506 e. The van der Waals surface area contributed by atoms with Crippen molar-refractivity contribution in [3.05, 3.63) is 94.6 Å². The van der Waals surface area contributed by atoms with E-state index in [1.165, 1.54) is 31.5 Å². The van der Waals surface area contributed by atoms with Crippen LogP contribution in [0.25, 0.3) is 10.9 Å². The number of carbonyl (C=O) groups is 2. The lowest BCUT2D eigenvalue weighted by Gasteiger charge is -2.11. The second kappa shape index (κ2) is 10.0. The van der Waals surface area contributed by atoms with Gasteiger partial charge in [0.15, 0.2) is 0 Å². The van der Waals surface area contributed by atoms with E-state index < -0.39 is 5.91 Å². The fourth-order valence-corrected chi connectivity index (χ4v) is 3.33. The Morgan fingerprint density at radius 2 is 1.85 bits per heavy atom. The summed E-state index contributed by atoms with van der Waals surface area (Å²) in [5, 5.41) is 17.2. The summed E-state index contributed by atoms with van der Waals surface area (Å²) in [5.74, 6) is -0.561. The van der Waals surface area contributed by atoms with Gasteiger partial charge >= 0.3 is 0 Å². The Balaban J connectivity index is 1.44. The van der Waals surface area contributed by atoms with E-state index in [0.29, 0.717) is 17.0 Å². The minimum atomic E-state index is -0.489. The molecule has 0 bridgehead atoms. The van der Waals surface area contributed by atoms with E-state index in [1.54, 1.807) is 24.3 Å². The van der Waals surface area contributed by atoms with E-state index in [4.69, 9.17) is 16.3 Å². The van der Waals surface area contributed by atoms with Crippen LogP contribution in [0.1, 0.15) is 26.4 Å². The SMILES string of the molecule is COc1cc(C=NNC(=O)c2ccc(O)c(Cl)c2)ccc1NC(=O)c1ccc2ccccc2n1. The van der Waals surface area contributed by atoms with Crippen LogP contribution < -0.4 is 15.5 Å². The molecular formula is C25H19ClN4O4. The predicted molar refractivity (Wildman–Crippen MR) is 131 cm³/mol. The summed E-state index contributed by atoms with van der Waals surface area (Å²) in [5.41, 5.74) is 4.73. The molecule has 8 nitrogen and oxygen atoms in total. The van der Waals surface area contributed by atoms with Gasteiger partial charge in [-0.2, -0.15) is 5.10 Å². The molecule has 34 heavy (non-hydrogen) atoms. The summed E-state index contributed by atoms with van der Waals surface area (Å²) in [6.07, 6.45) is 1.43. The number of carbonyl (C=O) groups excluding carboxylic acids is 2. The van der Waals surface area contributed by atoms with Crippen LogP contribution in [0.2, 0.25) is 5.02 Å². The predicted octanol–water partition coefficient (Wildman–Crippen LogP) is 4.62. The number of aromatic nitrogens is 1. The number of amides is 2. The van der Waals surface area contributed by atoms with E-state index in [-0.39, 0.29) is 27.9 Å². The average Bonchev–Trinajstić information content (AvgIpc) is 2.86. The van der Waals surface area contributed by atoms with Crippen LogP contribution in [0.4, 0.5) is 5.69 Å². The number of halogens is 1. The van der Waals surface area contributed by atoms with Crippen molar-refractivity contribution in [1.82, 2.24) is 10.4 Å². The molecular weight excluding hydrogens is 456 g/mol. The standard InChI is InChI=1S/C25H19ClN4O4/c1-34-23-12-15(14-27-30-24(32)17-8-11-22(31)18(26)13-17)6-9-20(23)29-25(33)21-10-7-16-4-2-3-5-19(16)28-21/h2-14,31H,1H3,(H,29,33)(H,30,32). The third kappa shape index (κ3) is 5.13. The Labute approximate surface area is 199 Å². The summed E-state index contributed by atoms with van der Waals surface area (Å²) >= 11 is 5.82. The fraction of sp³-hybridized carbons (Fsp3) is 0.0400. The Morgan fingerprint density at radius 1 is 1.03 bits per heavy atom. The Bertz CT molecular complexity index is 1420. The lowest BCUT2D eigenvalue weighted by Crippen LogP contribution is -2.17. The molecule has 0 unspecified atom stereocenters. The number of ether oxygens (including phenoxy) is 1. The van der Waals surface area contributed by atoms with Crippen LogP contribution in [0.15, 0.2) is 77.9 Å². The minimum Gasteiger partial charge on any atom is -0.506 e. The van der Waals surface area contributed by atoms with Gasteiger partial charge < -0.3 is 15.2 Å². The highest BCUT2D eigenvalue weighted by Gasteiger charge is 2.12. The van der Waals surface area contributed by atoms with Crippen LogP contribution in [-0.4, -0.2) is 35.2 Å². The van der Waals surface area contributed by atoms with Gasteiger partial charge in [0.1, 0.15) is 17.2 Å². The van der Waals surface area contributed by atoms with Crippen molar-refractivity contribution in [3.63, 3.8) is 0 Å². The fourth-order valence-electron chi connectivity index (χ4n) is 3.15. The van der Waals surface area contributed by atoms with Crippen LogP contribution in [0, 0.1) is 0 Å². The maximum absolute atomic E-state index is 12.7. The molecule has 0 saturated carbocycles. The van der Waals surface area contributed by atoms with E-state index in [0.717, 1.165) is 10.9 Å². The topological polar surface area (TPSA) is 113 Å². The number of hydrogen-bond acceptors (Lipinski definition) is 6. The maximum atomic E-state index is 12.7. The molecule has 0 aliphatic heterocycles. The van der Waals surface area contributed by atoms with Crippen LogP contribution in [-0.2, 0) is 0 Å². The summed E-state index contributed by atoms with van der Waals surface area (Å²) in [6, 6.07) is 20.2. The first-order valence-corrected chi connectivity index (χ1v) is 10.5. The number of fused-ring (bicyclic) bond motifs is 1. The number of para-hydroxylation sites is 1. The number of aromatic hydroxyl groups is 1. The lowest BCUT2D eigenvalue weighted by atomic mass is 10.2. The minimum absolute atomic E-state index is 0.0675. The number of hydrazone groups is 1. The van der Waals surface area contributed by atoms with Gasteiger partial charge in [0.25, 0.3) is 11.8 Å². The number of anilines is 1. The molecule has 0 saturated heterocycles. The number of phenols is 1. The van der Waals surface area contributed by atoms with Gasteiger partial charge in [-0.1, -0.05) is 41.9 Å². The monoisotopic (exact) mass is 474 g/mol. The van der Waals surface area contributed by atoms with Crippen molar-refractivity contribution in [3.8, 4) is 11.5 Å². The second-order valence-electron chi connectivity index (χ2n) is 7.17. The zero-order valence-electron chi connectivity index (χ0n) is 17.9. The van der Waals surface area contributed by atoms with Gasteiger partial charge in [0.2, 0.25) is 0 Å². The molecule has 0 radical (unpaired) electrons. The Kier molecular flexibility index (Phi) is 6.70. The maximum Gasteiger partial charge on any atom is 0.274 e. The molecule has 9 heteroatoms. The number of rotatable bonds is 6. The van der Waals surface area contributed by atoms with Crippen molar-refractivity contribution >= 4 is 46.2 Å². The first-order valence-electron chi connectivity index (χ1n) is 10.1. The molecule has 4 aromatic rings. The van der Waals surface area contributed by atoms with Crippen LogP contribution in [0.3, 0.4) is 0 Å². The average molecular weight is 475 g/mol. The molecule has 0 aliphatic carbocycles. The highest BCUT2D eigenvalue weighted by atomic mass is 35.5. The Morgan fingerprint density at radius 3 is 2.65 bits per heavy atom. The van der Waals surface area contributed by atoms with E-state index in [1.807, 2.05) is 30.3 Å². The summed E-state index contributed by atoms with van der Waals surface area (Å²) in [7, 11) is 1.48. The number of phenolic OH excluding ortho intramolecular Hbond substituents is 1. The van der Waals surface area contributed by atoms with Crippen molar-refractivity contribution in [2.75, 3.05) is 12.4 Å². The molecule has 3 aromatic carbocycles. The van der Waals surface area contributed by atoms with Gasteiger partial charge in [-0.3, -0.25) is 9.59 Å². The van der Waals surface area contributed by atoms with Crippen molar-refractivity contribution in [2.45, 2.75) is 0 Å². The summed E-state index contributed by atoms with van der Waals surface area (Å²) in [4.78, 5) is 29.3. The lowest BCUT2D eigenvalue weighted by molar-refractivity contribution is 0.0954. The van der Waals surface area contributed by atoms with Crippen LogP contribution >= 0.6 is 11.6 Å². The van der Waals surface area contributed by atoms with Gasteiger partial charge in [0.05, 0.1) is 29.6 Å². The van der Waals surface area contributed by atoms with Gasteiger partial charge in [0, 0.05) is 10.9 Å². The van der Waals surface area contributed by atoms with Gasteiger partial charge in [-0.15, -0.1) is 0 Å². The number of nitrogens with zero attached hydrogens (tertiary/aromatic N) is 2. The first kappa shape index (κ1) is 22.8. The van der Waals surface area contributed by atoms with Crippen LogP contribution in [0.5, 0.6) is 11.5 Å². The number of pyridine rings is 1. The van der Waals surface area contributed by atoms with E-state index >= 15 is 0 Å². The highest BCUT2D eigenvalue weighted by molar-refractivity contribution is 6.32. The summed E-state index contributed by atoms with van der Waals surface area (Å²) in [6.45, 7) is 0. The summed E-state index contributed by atoms with van der Waals surface area (Å²) < 4.78 is 5.39. The van der Waals surface area contributed by atoms with Crippen molar-refractivity contribution < 1.29 is 19.4 Å². The number of methoxy groups -OCH3 is 1. The second-order valence-corrected chi connectivity index (χ2v) is 7.58. The van der Waals surface area contributed by atoms with Crippen molar-refractivity contribution in [1.29, 1.82) is 0 Å². The molecule has 0 spiro atoms. The van der Waals surface area contributed by atoms with E-state index in [9.17, 15) is 14.7 Å². The molecule has 2 amide bonds. The third-order valence-electron chi connectivity index (χ3n) is 4.89. The Hall–Kier alpha value is -4.43.